The van der Waals surface area contributed by atoms with Gasteiger partial charge in [0.25, 0.3) is 8.32 Å². The van der Waals surface area contributed by atoms with E-state index in [0.29, 0.717) is 13.2 Å². The van der Waals surface area contributed by atoms with Gasteiger partial charge >= 0.3 is 0 Å². The van der Waals surface area contributed by atoms with Crippen LogP contribution in [0.15, 0.2) is 60.7 Å². The van der Waals surface area contributed by atoms with Gasteiger partial charge < -0.3 is 13.9 Å². The van der Waals surface area contributed by atoms with Crippen LogP contribution in [-0.4, -0.2) is 34.4 Å². The molecule has 0 radical (unpaired) electrons. The van der Waals surface area contributed by atoms with Gasteiger partial charge in [-0.15, -0.1) is 0 Å². The smallest absolute Gasteiger partial charge is 0.261 e. The fraction of sp³-hybridized carbons (Fsp3) is 0.500. The van der Waals surface area contributed by atoms with Crippen LogP contribution in [0.1, 0.15) is 46.5 Å². The number of benzene rings is 2. The monoisotopic (exact) mass is 398 g/mol. The van der Waals surface area contributed by atoms with Crippen molar-refractivity contribution in [3.05, 3.63) is 60.7 Å². The van der Waals surface area contributed by atoms with E-state index < -0.39 is 8.32 Å². The molecule has 1 fully saturated rings. The predicted octanol–water partition coefficient (Wildman–Crippen LogP) is 4.50. The van der Waals surface area contributed by atoms with Crippen LogP contribution < -0.4 is 10.4 Å². The van der Waals surface area contributed by atoms with Gasteiger partial charge in [-0.25, -0.2) is 0 Å². The zero-order chi connectivity index (χ0) is 19.9. The molecule has 152 valence electrons. The van der Waals surface area contributed by atoms with E-state index in [-0.39, 0.29) is 11.3 Å². The summed E-state index contributed by atoms with van der Waals surface area (Å²) >= 11 is 0. The Morgan fingerprint density at radius 1 is 0.893 bits per heavy atom. The lowest BCUT2D eigenvalue weighted by molar-refractivity contribution is -0.163. The highest BCUT2D eigenvalue weighted by Crippen LogP contribution is 2.36. The molecular weight excluding hydrogens is 364 g/mol. The molecule has 2 aromatic carbocycles. The Bertz CT molecular complexity index is 651. The molecule has 1 unspecified atom stereocenters. The maximum Gasteiger partial charge on any atom is 0.261 e. The molecule has 0 bridgehead atoms. The molecule has 28 heavy (non-hydrogen) atoms. The summed E-state index contributed by atoms with van der Waals surface area (Å²) in [5.41, 5.74) is 0. The van der Waals surface area contributed by atoms with Crippen molar-refractivity contribution in [2.24, 2.45) is 0 Å². The summed E-state index contributed by atoms with van der Waals surface area (Å²) in [4.78, 5) is 0. The van der Waals surface area contributed by atoms with Crippen molar-refractivity contribution in [1.29, 1.82) is 0 Å². The van der Waals surface area contributed by atoms with Crippen LogP contribution in [0, 0.1) is 0 Å². The van der Waals surface area contributed by atoms with Crippen molar-refractivity contribution in [2.45, 2.75) is 57.8 Å². The van der Waals surface area contributed by atoms with Gasteiger partial charge in [0, 0.05) is 13.2 Å². The molecule has 0 saturated carbocycles. The molecule has 1 aliphatic heterocycles. The van der Waals surface area contributed by atoms with Gasteiger partial charge in [-0.2, -0.15) is 0 Å². The average Bonchev–Trinajstić information content (AvgIpc) is 2.72. The molecular formula is C24H34O3Si. The minimum atomic E-state index is -2.43. The van der Waals surface area contributed by atoms with E-state index in [2.05, 4.69) is 81.4 Å². The Balaban J connectivity index is 1.74. The molecule has 1 saturated heterocycles. The van der Waals surface area contributed by atoms with Crippen LogP contribution in [0.2, 0.25) is 5.04 Å². The third-order valence-corrected chi connectivity index (χ3v) is 10.5. The van der Waals surface area contributed by atoms with E-state index in [1.165, 1.54) is 16.8 Å². The lowest BCUT2D eigenvalue weighted by Crippen LogP contribution is -2.66. The molecule has 1 atom stereocenters. The van der Waals surface area contributed by atoms with Crippen molar-refractivity contribution in [2.75, 3.05) is 19.8 Å². The van der Waals surface area contributed by atoms with Gasteiger partial charge in [0.2, 0.25) is 0 Å². The van der Waals surface area contributed by atoms with Gasteiger partial charge in [-0.05, 0) is 41.1 Å². The molecule has 3 nitrogen and oxygen atoms in total. The first-order valence-corrected chi connectivity index (χ1v) is 12.4. The molecule has 0 amide bonds. The van der Waals surface area contributed by atoms with Gasteiger partial charge in [0.05, 0.1) is 6.61 Å². The van der Waals surface area contributed by atoms with E-state index in [1.54, 1.807) is 0 Å². The first-order chi connectivity index (χ1) is 13.5. The first-order valence-electron chi connectivity index (χ1n) is 10.5. The Kier molecular flexibility index (Phi) is 7.46. The van der Waals surface area contributed by atoms with Gasteiger partial charge in [0.15, 0.2) is 6.29 Å². The second-order valence-electron chi connectivity index (χ2n) is 8.53. The average molecular weight is 399 g/mol. The standard InChI is InChI=1S/C24H34O3Si/c1-24(2,3)28(21-13-6-4-7-14-21,22-15-8-5-9-16-22)27-20-12-19-26-23-17-10-11-18-25-23/h4-9,13-16,23H,10-12,17-20H2,1-3H3. The van der Waals surface area contributed by atoms with Crippen LogP contribution in [-0.2, 0) is 13.9 Å². The molecule has 0 aromatic heterocycles. The molecule has 0 aliphatic carbocycles. The van der Waals surface area contributed by atoms with Crippen molar-refractivity contribution in [1.82, 2.24) is 0 Å². The lowest BCUT2D eigenvalue weighted by atomic mass is 10.2. The molecule has 4 heteroatoms. The molecule has 1 aliphatic rings. The minimum absolute atomic E-state index is 0.0169. The molecule has 0 N–H and O–H groups in total. The molecule has 1 heterocycles. The Morgan fingerprint density at radius 2 is 1.50 bits per heavy atom. The topological polar surface area (TPSA) is 27.7 Å². The maximum absolute atomic E-state index is 6.87. The summed E-state index contributed by atoms with van der Waals surface area (Å²) < 4.78 is 18.4. The third kappa shape index (κ3) is 4.92. The Hall–Kier alpha value is -1.46. The van der Waals surface area contributed by atoms with Gasteiger partial charge in [-0.3, -0.25) is 0 Å². The van der Waals surface area contributed by atoms with Crippen molar-refractivity contribution < 1.29 is 13.9 Å². The molecule has 2 aromatic rings. The summed E-state index contributed by atoms with van der Waals surface area (Å²) in [6.07, 6.45) is 4.21. The maximum atomic E-state index is 6.87. The zero-order valence-electron chi connectivity index (χ0n) is 17.5. The lowest BCUT2D eigenvalue weighted by Gasteiger charge is -2.43. The van der Waals surface area contributed by atoms with E-state index in [0.717, 1.165) is 25.9 Å². The SMILES string of the molecule is CC(C)(C)[Si](OCCCOC1CCCCO1)(c1ccccc1)c1ccccc1. The highest BCUT2D eigenvalue weighted by Gasteiger charge is 2.49. The summed E-state index contributed by atoms with van der Waals surface area (Å²) in [6, 6.07) is 21.6. The number of hydrogen-bond donors (Lipinski definition) is 0. The largest absolute Gasteiger partial charge is 0.407 e. The van der Waals surface area contributed by atoms with Crippen LogP contribution in [0.25, 0.3) is 0 Å². The number of rotatable bonds is 8. The van der Waals surface area contributed by atoms with Crippen LogP contribution >= 0.6 is 0 Å². The Morgan fingerprint density at radius 3 is 2.00 bits per heavy atom. The number of hydrogen-bond acceptors (Lipinski definition) is 3. The highest BCUT2D eigenvalue weighted by atomic mass is 28.4. The van der Waals surface area contributed by atoms with Crippen molar-refractivity contribution in [3.63, 3.8) is 0 Å². The van der Waals surface area contributed by atoms with E-state index >= 15 is 0 Å². The third-order valence-electron chi connectivity index (χ3n) is 5.47. The van der Waals surface area contributed by atoms with Crippen molar-refractivity contribution in [3.8, 4) is 0 Å². The van der Waals surface area contributed by atoms with E-state index in [1.807, 2.05) is 0 Å². The zero-order valence-corrected chi connectivity index (χ0v) is 18.5. The fourth-order valence-corrected chi connectivity index (χ4v) is 8.71. The van der Waals surface area contributed by atoms with Crippen molar-refractivity contribution >= 4 is 18.7 Å². The van der Waals surface area contributed by atoms with E-state index in [4.69, 9.17) is 13.9 Å². The first kappa shape index (κ1) is 21.3. The van der Waals surface area contributed by atoms with Crippen LogP contribution in [0.3, 0.4) is 0 Å². The summed E-state index contributed by atoms with van der Waals surface area (Å²) in [7, 11) is -2.43. The second kappa shape index (κ2) is 9.84. The van der Waals surface area contributed by atoms with E-state index in [9.17, 15) is 0 Å². The normalized spacial score (nSPS) is 18.2. The van der Waals surface area contributed by atoms with Crippen LogP contribution in [0.4, 0.5) is 0 Å². The molecule has 0 spiro atoms. The summed E-state index contributed by atoms with van der Waals surface area (Å²) in [5.74, 6) is 0. The molecule has 3 rings (SSSR count). The Labute approximate surface area is 171 Å². The number of ether oxygens (including phenoxy) is 2. The van der Waals surface area contributed by atoms with Crippen LogP contribution in [0.5, 0.6) is 0 Å². The van der Waals surface area contributed by atoms with Gasteiger partial charge in [-0.1, -0.05) is 81.4 Å². The quantitative estimate of drug-likeness (QED) is 0.484. The highest BCUT2D eigenvalue weighted by molar-refractivity contribution is 6.99. The fourth-order valence-electron chi connectivity index (χ4n) is 4.10. The summed E-state index contributed by atoms with van der Waals surface area (Å²) in [5, 5.41) is 2.67. The second-order valence-corrected chi connectivity index (χ2v) is 12.8. The predicted molar refractivity (Wildman–Crippen MR) is 118 cm³/mol. The minimum Gasteiger partial charge on any atom is -0.407 e. The van der Waals surface area contributed by atoms with Gasteiger partial charge in [0.1, 0.15) is 0 Å². The summed E-state index contributed by atoms with van der Waals surface area (Å²) in [6.45, 7) is 9.13.